The first-order valence-electron chi connectivity index (χ1n) is 9.13. The maximum atomic E-state index is 12.8. The minimum atomic E-state index is -5.08. The molecule has 1 unspecified atom stereocenters. The van der Waals surface area contributed by atoms with Crippen LogP contribution in [-0.2, 0) is 17.8 Å². The fraction of sp³-hybridized carbons (Fsp3) is 0.556. The van der Waals surface area contributed by atoms with Gasteiger partial charge in [0.25, 0.3) is 5.91 Å². The number of carboxylic acids is 1. The van der Waals surface area contributed by atoms with E-state index in [0.717, 1.165) is 38.2 Å². The summed E-state index contributed by atoms with van der Waals surface area (Å²) in [5.74, 6) is -1.60. The molecule has 29 heavy (non-hydrogen) atoms. The van der Waals surface area contributed by atoms with E-state index in [4.69, 9.17) is 14.4 Å². The van der Waals surface area contributed by atoms with Crippen LogP contribution < -0.4 is 0 Å². The Kier molecular flexibility index (Phi) is 7.40. The number of carbonyl (C=O) groups is 2. The number of rotatable bonds is 4. The summed E-state index contributed by atoms with van der Waals surface area (Å²) in [6.07, 6.45) is 3.41. The molecule has 1 aliphatic heterocycles. The van der Waals surface area contributed by atoms with Crippen LogP contribution in [0, 0.1) is 12.8 Å². The van der Waals surface area contributed by atoms with Gasteiger partial charge in [0.05, 0.1) is 12.0 Å². The van der Waals surface area contributed by atoms with E-state index in [-0.39, 0.29) is 5.91 Å². The molecular formula is C18H23F3N4O4. The molecular weight excluding hydrogens is 393 g/mol. The van der Waals surface area contributed by atoms with Crippen molar-refractivity contribution in [3.63, 3.8) is 0 Å². The zero-order valence-electron chi connectivity index (χ0n) is 16.1. The monoisotopic (exact) mass is 416 g/mol. The van der Waals surface area contributed by atoms with Gasteiger partial charge in [-0.15, -0.1) is 0 Å². The van der Waals surface area contributed by atoms with Gasteiger partial charge in [0.1, 0.15) is 11.3 Å². The third kappa shape index (κ3) is 6.06. The van der Waals surface area contributed by atoms with Gasteiger partial charge in [0.2, 0.25) is 0 Å². The van der Waals surface area contributed by atoms with Crippen molar-refractivity contribution in [2.24, 2.45) is 5.92 Å². The first-order valence-corrected chi connectivity index (χ1v) is 9.13. The van der Waals surface area contributed by atoms with Gasteiger partial charge in [-0.1, -0.05) is 12.1 Å². The summed E-state index contributed by atoms with van der Waals surface area (Å²) in [6.45, 7) is 6.31. The molecule has 0 aliphatic carbocycles. The highest BCUT2D eigenvalue weighted by Crippen LogP contribution is 2.23. The van der Waals surface area contributed by atoms with E-state index in [1.807, 2.05) is 31.3 Å². The summed E-state index contributed by atoms with van der Waals surface area (Å²) >= 11 is 0. The molecule has 0 spiro atoms. The van der Waals surface area contributed by atoms with Crippen LogP contribution in [-0.4, -0.2) is 55.9 Å². The van der Waals surface area contributed by atoms with Crippen LogP contribution in [0.2, 0.25) is 0 Å². The van der Waals surface area contributed by atoms with Gasteiger partial charge < -0.3 is 19.1 Å². The second kappa shape index (κ2) is 9.57. The summed E-state index contributed by atoms with van der Waals surface area (Å²) in [7, 11) is 0. The number of halogens is 3. The zero-order chi connectivity index (χ0) is 21.6. The smallest absolute Gasteiger partial charge is 0.475 e. The maximum absolute atomic E-state index is 12.8. The Morgan fingerprint density at radius 2 is 2.07 bits per heavy atom. The molecule has 1 atom stereocenters. The van der Waals surface area contributed by atoms with E-state index < -0.39 is 12.1 Å². The topological polar surface area (TPSA) is 101 Å². The lowest BCUT2D eigenvalue weighted by atomic mass is 9.97. The number of alkyl halides is 3. The SMILES string of the molecule is CCc1noc(C)c1C(=O)N1CCCC(Cn2ccnc2)C1.O=C(O)C(F)(F)F. The van der Waals surface area contributed by atoms with Gasteiger partial charge in [0, 0.05) is 32.0 Å². The van der Waals surface area contributed by atoms with E-state index in [2.05, 4.69) is 14.7 Å². The van der Waals surface area contributed by atoms with Crippen LogP contribution in [0.4, 0.5) is 13.2 Å². The fourth-order valence-electron chi connectivity index (χ4n) is 3.18. The van der Waals surface area contributed by atoms with Crippen LogP contribution in [0.5, 0.6) is 0 Å². The summed E-state index contributed by atoms with van der Waals surface area (Å²) in [4.78, 5) is 27.7. The number of carboxylic acid groups (broad SMARTS) is 1. The van der Waals surface area contributed by atoms with Crippen LogP contribution in [0.3, 0.4) is 0 Å². The molecule has 0 bridgehead atoms. The van der Waals surface area contributed by atoms with Crippen LogP contribution in [0.15, 0.2) is 23.2 Å². The molecule has 3 heterocycles. The van der Waals surface area contributed by atoms with Crippen molar-refractivity contribution in [3.05, 3.63) is 35.7 Å². The van der Waals surface area contributed by atoms with Crippen molar-refractivity contribution >= 4 is 11.9 Å². The molecule has 1 N–H and O–H groups in total. The molecule has 0 aromatic carbocycles. The number of amides is 1. The predicted octanol–water partition coefficient (Wildman–Crippen LogP) is 2.93. The van der Waals surface area contributed by atoms with Gasteiger partial charge >= 0.3 is 12.1 Å². The normalized spacial score (nSPS) is 16.9. The molecule has 1 saturated heterocycles. The van der Waals surface area contributed by atoms with Gasteiger partial charge in [-0.2, -0.15) is 13.2 Å². The highest BCUT2D eigenvalue weighted by molar-refractivity contribution is 5.96. The number of piperidine rings is 1. The van der Waals surface area contributed by atoms with Crippen molar-refractivity contribution in [2.45, 2.75) is 45.8 Å². The Bertz CT molecular complexity index is 818. The number of hydrogen-bond donors (Lipinski definition) is 1. The summed E-state index contributed by atoms with van der Waals surface area (Å²) in [6, 6.07) is 0. The van der Waals surface area contributed by atoms with E-state index in [0.29, 0.717) is 23.7 Å². The lowest BCUT2D eigenvalue weighted by molar-refractivity contribution is -0.192. The summed E-state index contributed by atoms with van der Waals surface area (Å²) in [5, 5.41) is 11.1. The lowest BCUT2D eigenvalue weighted by Gasteiger charge is -2.33. The van der Waals surface area contributed by atoms with Gasteiger partial charge in [0.15, 0.2) is 0 Å². The number of hydrogen-bond acceptors (Lipinski definition) is 5. The van der Waals surface area contributed by atoms with Crippen molar-refractivity contribution in [1.29, 1.82) is 0 Å². The Hall–Kier alpha value is -2.85. The number of likely N-dealkylation sites (tertiary alicyclic amines) is 1. The second-order valence-electron chi connectivity index (χ2n) is 6.74. The minimum absolute atomic E-state index is 0.0610. The van der Waals surface area contributed by atoms with E-state index in [9.17, 15) is 18.0 Å². The third-order valence-electron chi connectivity index (χ3n) is 4.56. The Labute approximate surface area is 165 Å². The Morgan fingerprint density at radius 3 is 2.62 bits per heavy atom. The first-order chi connectivity index (χ1) is 13.6. The van der Waals surface area contributed by atoms with E-state index in [1.54, 1.807) is 6.20 Å². The summed E-state index contributed by atoms with van der Waals surface area (Å²) < 4.78 is 39.0. The highest BCUT2D eigenvalue weighted by atomic mass is 19.4. The molecule has 3 rings (SSSR count). The Balaban J connectivity index is 0.000000370. The van der Waals surface area contributed by atoms with Crippen LogP contribution in [0.25, 0.3) is 0 Å². The maximum Gasteiger partial charge on any atom is 0.490 e. The van der Waals surface area contributed by atoms with Crippen molar-refractivity contribution in [2.75, 3.05) is 13.1 Å². The average Bonchev–Trinajstić information content (AvgIpc) is 3.30. The lowest BCUT2D eigenvalue weighted by Crippen LogP contribution is -2.41. The van der Waals surface area contributed by atoms with Gasteiger partial charge in [-0.25, -0.2) is 9.78 Å². The second-order valence-corrected chi connectivity index (χ2v) is 6.74. The standard InChI is InChI=1S/C16H22N4O2.C2HF3O2/c1-3-14-15(12(2)22-18-14)16(21)20-7-4-5-13(10-20)9-19-8-6-17-11-19;3-2(4,5)1(6)7/h6,8,11,13H,3-5,7,9-10H2,1-2H3;(H,6,7). The van der Waals surface area contributed by atoms with Gasteiger partial charge in [-0.3, -0.25) is 4.79 Å². The number of carbonyl (C=O) groups excluding carboxylic acids is 1. The van der Waals surface area contributed by atoms with E-state index >= 15 is 0 Å². The number of aryl methyl sites for hydroxylation is 2. The van der Waals surface area contributed by atoms with Crippen molar-refractivity contribution in [3.8, 4) is 0 Å². The minimum Gasteiger partial charge on any atom is -0.475 e. The van der Waals surface area contributed by atoms with Crippen molar-refractivity contribution in [1.82, 2.24) is 19.6 Å². The Morgan fingerprint density at radius 1 is 1.38 bits per heavy atom. The molecule has 2 aromatic heterocycles. The molecule has 160 valence electrons. The average molecular weight is 416 g/mol. The first kappa shape index (κ1) is 22.4. The molecule has 8 nitrogen and oxygen atoms in total. The number of aromatic nitrogens is 3. The van der Waals surface area contributed by atoms with E-state index in [1.165, 1.54) is 0 Å². The molecule has 11 heteroatoms. The number of imidazole rings is 1. The van der Waals surface area contributed by atoms with Crippen molar-refractivity contribution < 1.29 is 32.4 Å². The third-order valence-corrected chi connectivity index (χ3v) is 4.56. The summed E-state index contributed by atoms with van der Waals surface area (Å²) in [5.41, 5.74) is 1.42. The highest BCUT2D eigenvalue weighted by Gasteiger charge is 2.38. The molecule has 1 fully saturated rings. The van der Waals surface area contributed by atoms with Crippen LogP contribution in [0.1, 0.15) is 41.6 Å². The number of aliphatic carboxylic acids is 1. The molecule has 1 aliphatic rings. The fourth-order valence-corrected chi connectivity index (χ4v) is 3.18. The van der Waals surface area contributed by atoms with Crippen LogP contribution >= 0.6 is 0 Å². The molecule has 0 saturated carbocycles. The molecule has 1 amide bonds. The largest absolute Gasteiger partial charge is 0.490 e. The quantitative estimate of drug-likeness (QED) is 0.822. The predicted molar refractivity (Wildman–Crippen MR) is 95.2 cm³/mol. The number of nitrogens with zero attached hydrogens (tertiary/aromatic N) is 4. The zero-order valence-corrected chi connectivity index (χ0v) is 16.1. The van der Waals surface area contributed by atoms with Gasteiger partial charge in [-0.05, 0) is 32.1 Å². The molecule has 0 radical (unpaired) electrons. The molecule has 2 aromatic rings.